The molecule has 1 N–H and O–H groups in total. The fourth-order valence-corrected chi connectivity index (χ4v) is 1.89. The second-order valence-corrected chi connectivity index (χ2v) is 5.41. The number of aromatic nitrogens is 2. The summed E-state index contributed by atoms with van der Waals surface area (Å²) in [7, 11) is 0. The lowest BCUT2D eigenvalue weighted by atomic mass is 9.84. The SMILES string of the molecule is Cc1[nH]cnc1C1=[N+]([O-])C(C)(C)C(C)(C)[N+]1=O. The third-order valence-corrected chi connectivity index (χ3v) is 3.94. The van der Waals surface area contributed by atoms with Crippen molar-refractivity contribution in [3.8, 4) is 0 Å². The number of imidazole rings is 1. The lowest BCUT2D eigenvalue weighted by Crippen LogP contribution is -2.50. The Kier molecular flexibility index (Phi) is 2.18. The molecule has 1 aliphatic rings. The summed E-state index contributed by atoms with van der Waals surface area (Å²) in [4.78, 5) is 19.2. The van der Waals surface area contributed by atoms with Crippen LogP contribution in [0.15, 0.2) is 6.33 Å². The fourth-order valence-electron chi connectivity index (χ4n) is 1.89. The number of nitrogens with one attached hydrogen (secondary N) is 1. The first kappa shape index (κ1) is 11.8. The number of aryl methyl sites for hydroxylation is 1. The smallest absolute Gasteiger partial charge is 0.525 e. The second kappa shape index (κ2) is 3.15. The Morgan fingerprint density at radius 2 is 1.88 bits per heavy atom. The number of hydrogen-bond donors (Lipinski definition) is 1. The maximum absolute atomic E-state index is 12.3. The minimum absolute atomic E-state index is 0.0822. The van der Waals surface area contributed by atoms with Crippen LogP contribution in [0.25, 0.3) is 0 Å². The molecule has 2 heterocycles. The molecule has 0 bridgehead atoms. The Hall–Kier alpha value is -1.72. The van der Waals surface area contributed by atoms with Crippen molar-refractivity contribution in [1.29, 1.82) is 0 Å². The molecule has 0 fully saturated rings. The van der Waals surface area contributed by atoms with Crippen molar-refractivity contribution < 1.29 is 9.50 Å². The van der Waals surface area contributed by atoms with Crippen molar-refractivity contribution in [2.75, 3.05) is 0 Å². The van der Waals surface area contributed by atoms with Gasteiger partial charge in [-0.15, -0.1) is 4.74 Å². The van der Waals surface area contributed by atoms with Gasteiger partial charge in [0.15, 0.2) is 0 Å². The Morgan fingerprint density at radius 3 is 2.24 bits per heavy atom. The molecule has 1 aromatic rings. The molecule has 0 aliphatic carbocycles. The van der Waals surface area contributed by atoms with E-state index in [-0.39, 0.29) is 5.84 Å². The van der Waals surface area contributed by atoms with Gasteiger partial charge in [0.25, 0.3) is 5.54 Å². The summed E-state index contributed by atoms with van der Waals surface area (Å²) in [6.07, 6.45) is 1.48. The molecule has 0 saturated heterocycles. The summed E-state index contributed by atoms with van der Waals surface area (Å²) in [6, 6.07) is 0. The zero-order valence-corrected chi connectivity index (χ0v) is 10.7. The van der Waals surface area contributed by atoms with Gasteiger partial charge in [-0.05, 0) is 6.92 Å². The van der Waals surface area contributed by atoms with Crippen LogP contribution in [0.5, 0.6) is 0 Å². The molecular formula is C11H17N4O2+. The molecular weight excluding hydrogens is 220 g/mol. The number of amidine groups is 1. The van der Waals surface area contributed by atoms with E-state index in [9.17, 15) is 10.1 Å². The Bertz CT molecular complexity index is 525. The van der Waals surface area contributed by atoms with Gasteiger partial charge >= 0.3 is 5.84 Å². The van der Waals surface area contributed by atoms with Crippen molar-refractivity contribution in [1.82, 2.24) is 9.97 Å². The van der Waals surface area contributed by atoms with Crippen LogP contribution in [0.2, 0.25) is 0 Å². The molecule has 92 valence electrons. The number of hydrogen-bond acceptors (Lipinski definition) is 3. The summed E-state index contributed by atoms with van der Waals surface area (Å²) >= 11 is 0. The van der Waals surface area contributed by atoms with E-state index in [1.807, 2.05) is 0 Å². The van der Waals surface area contributed by atoms with Crippen LogP contribution in [0.3, 0.4) is 0 Å². The van der Waals surface area contributed by atoms with Crippen LogP contribution in [-0.4, -0.2) is 36.4 Å². The molecule has 6 nitrogen and oxygen atoms in total. The summed E-state index contributed by atoms with van der Waals surface area (Å²) in [5.41, 5.74) is -0.450. The fraction of sp³-hybridized carbons (Fsp3) is 0.636. The largest absolute Gasteiger partial charge is 0.618 e. The van der Waals surface area contributed by atoms with E-state index in [0.717, 1.165) is 15.2 Å². The third kappa shape index (κ3) is 1.26. The number of nitrogens with zero attached hydrogens (tertiary/aromatic N) is 3. The zero-order chi connectivity index (χ0) is 13.0. The molecule has 2 rings (SSSR count). The number of rotatable bonds is 1. The van der Waals surface area contributed by atoms with Crippen molar-refractivity contribution in [2.24, 2.45) is 0 Å². The van der Waals surface area contributed by atoms with E-state index in [0.29, 0.717) is 5.69 Å². The average Bonchev–Trinajstić information content (AvgIpc) is 2.68. The van der Waals surface area contributed by atoms with Gasteiger partial charge in [-0.25, -0.2) is 4.98 Å². The minimum atomic E-state index is -0.796. The Morgan fingerprint density at radius 1 is 1.29 bits per heavy atom. The van der Waals surface area contributed by atoms with E-state index in [2.05, 4.69) is 9.97 Å². The number of nitroso groups, excluding NO2 is 1. The first-order chi connectivity index (χ1) is 7.71. The van der Waals surface area contributed by atoms with E-state index in [1.165, 1.54) is 6.33 Å². The molecule has 0 saturated carbocycles. The topological polar surface area (TPSA) is 74.8 Å². The van der Waals surface area contributed by atoms with E-state index in [1.54, 1.807) is 34.6 Å². The molecule has 1 aliphatic heterocycles. The molecule has 0 spiro atoms. The van der Waals surface area contributed by atoms with Crippen molar-refractivity contribution in [2.45, 2.75) is 45.7 Å². The van der Waals surface area contributed by atoms with E-state index in [4.69, 9.17) is 0 Å². The van der Waals surface area contributed by atoms with Gasteiger partial charge in [0, 0.05) is 32.6 Å². The van der Waals surface area contributed by atoms with Crippen LogP contribution in [0, 0.1) is 17.0 Å². The molecule has 6 heteroatoms. The average molecular weight is 237 g/mol. The first-order valence-corrected chi connectivity index (χ1v) is 5.53. The van der Waals surface area contributed by atoms with Gasteiger partial charge in [-0.1, -0.05) is 0 Å². The van der Waals surface area contributed by atoms with Gasteiger partial charge in [-0.3, -0.25) is 0 Å². The van der Waals surface area contributed by atoms with Crippen LogP contribution >= 0.6 is 0 Å². The molecule has 1 aromatic heterocycles. The Balaban J connectivity index is 2.68. The quantitative estimate of drug-likeness (QED) is 0.591. The van der Waals surface area contributed by atoms with Crippen molar-refractivity contribution in [3.63, 3.8) is 0 Å². The molecule has 0 atom stereocenters. The molecule has 0 aromatic carbocycles. The van der Waals surface area contributed by atoms with Crippen molar-refractivity contribution >= 4 is 5.84 Å². The highest BCUT2D eigenvalue weighted by Gasteiger charge is 2.68. The Labute approximate surface area is 99.5 Å². The van der Waals surface area contributed by atoms with Gasteiger partial charge in [-0.2, -0.15) is 0 Å². The maximum atomic E-state index is 12.3. The van der Waals surface area contributed by atoms with Crippen LogP contribution < -0.4 is 0 Å². The van der Waals surface area contributed by atoms with Crippen LogP contribution in [0.1, 0.15) is 39.1 Å². The molecule has 17 heavy (non-hydrogen) atoms. The van der Waals surface area contributed by atoms with Gasteiger partial charge in [0.2, 0.25) is 11.2 Å². The number of hydroxylamine groups is 1. The second-order valence-electron chi connectivity index (χ2n) is 5.41. The highest BCUT2D eigenvalue weighted by Crippen LogP contribution is 2.35. The monoisotopic (exact) mass is 237 g/mol. The number of aromatic amines is 1. The van der Waals surface area contributed by atoms with Gasteiger partial charge in [0.1, 0.15) is 4.76 Å². The van der Waals surface area contributed by atoms with Crippen LogP contribution in [-0.2, 0) is 0 Å². The zero-order valence-electron chi connectivity index (χ0n) is 10.7. The highest BCUT2D eigenvalue weighted by molar-refractivity contribution is 5.88. The number of H-pyrrole nitrogens is 1. The standard InChI is InChI=1S/C11H17N4O2/c1-7-8(13-6-12-7)9-14(16)10(2,3)11(4,5)15(9)17/h6H,1-5H3,(H,12,13)/q+1. The minimum Gasteiger partial charge on any atom is -0.618 e. The third-order valence-electron chi connectivity index (χ3n) is 3.94. The summed E-state index contributed by atoms with van der Waals surface area (Å²) in [5, 5.41) is 12.3. The van der Waals surface area contributed by atoms with Gasteiger partial charge in [0.05, 0.1) is 12.0 Å². The lowest BCUT2D eigenvalue weighted by Gasteiger charge is -2.22. The van der Waals surface area contributed by atoms with E-state index >= 15 is 0 Å². The summed E-state index contributed by atoms with van der Waals surface area (Å²) < 4.78 is 1.53. The van der Waals surface area contributed by atoms with Gasteiger partial charge < -0.3 is 10.2 Å². The predicted octanol–water partition coefficient (Wildman–Crippen LogP) is 1.32. The lowest BCUT2D eigenvalue weighted by molar-refractivity contribution is -0.555. The normalized spacial score (nSPS) is 22.3. The maximum Gasteiger partial charge on any atom is 0.525 e. The van der Waals surface area contributed by atoms with Crippen LogP contribution in [0.4, 0.5) is 0 Å². The predicted molar refractivity (Wildman–Crippen MR) is 62.8 cm³/mol. The molecule has 0 radical (unpaired) electrons. The summed E-state index contributed by atoms with van der Waals surface area (Å²) in [6.45, 7) is 8.84. The highest BCUT2D eigenvalue weighted by atomic mass is 16.5. The summed E-state index contributed by atoms with van der Waals surface area (Å²) in [5.74, 6) is 0.0822. The van der Waals surface area contributed by atoms with Crippen molar-refractivity contribution in [3.05, 3.63) is 27.8 Å². The molecule has 0 unspecified atom stereocenters. The first-order valence-electron chi connectivity index (χ1n) is 5.53. The molecule has 0 amide bonds. The van der Waals surface area contributed by atoms with E-state index < -0.39 is 11.1 Å².